The molecule has 0 saturated heterocycles. The molecule has 2 rings (SSSR count). The van der Waals surface area contributed by atoms with Gasteiger partial charge in [-0.3, -0.25) is 0 Å². The SMILES string of the molecule is C=CCc1cc(-c2cc(CC=C)c(O)c(CN(C)C)c2)cc(CN(C)C)c1O. The van der Waals surface area contributed by atoms with Crippen LogP contribution >= 0.6 is 0 Å². The van der Waals surface area contributed by atoms with Crippen molar-refractivity contribution in [1.82, 2.24) is 9.80 Å². The minimum absolute atomic E-state index is 0.330. The summed E-state index contributed by atoms with van der Waals surface area (Å²) >= 11 is 0. The van der Waals surface area contributed by atoms with Crippen LogP contribution in [0.5, 0.6) is 11.5 Å². The molecule has 150 valence electrons. The monoisotopic (exact) mass is 380 g/mol. The number of hydrogen-bond acceptors (Lipinski definition) is 4. The maximum Gasteiger partial charge on any atom is 0.123 e. The van der Waals surface area contributed by atoms with Crippen molar-refractivity contribution in [3.63, 3.8) is 0 Å². The Morgan fingerprint density at radius 3 is 1.29 bits per heavy atom. The van der Waals surface area contributed by atoms with E-state index in [1.165, 1.54) is 0 Å². The van der Waals surface area contributed by atoms with Crippen LogP contribution in [0.1, 0.15) is 22.3 Å². The molecule has 0 saturated carbocycles. The maximum absolute atomic E-state index is 10.7. The predicted octanol–water partition coefficient (Wildman–Crippen LogP) is 4.35. The molecule has 2 aromatic rings. The maximum atomic E-state index is 10.7. The first-order chi connectivity index (χ1) is 13.3. The normalized spacial score (nSPS) is 11.2. The smallest absolute Gasteiger partial charge is 0.123 e. The van der Waals surface area contributed by atoms with Gasteiger partial charge in [-0.1, -0.05) is 12.2 Å². The van der Waals surface area contributed by atoms with Gasteiger partial charge in [-0.25, -0.2) is 0 Å². The molecule has 0 aromatic heterocycles. The molecule has 0 atom stereocenters. The highest BCUT2D eigenvalue weighted by atomic mass is 16.3. The van der Waals surface area contributed by atoms with Gasteiger partial charge in [0.05, 0.1) is 0 Å². The van der Waals surface area contributed by atoms with E-state index in [1.807, 2.05) is 62.3 Å². The van der Waals surface area contributed by atoms with Crippen molar-refractivity contribution in [2.75, 3.05) is 28.2 Å². The lowest BCUT2D eigenvalue weighted by Crippen LogP contribution is -2.12. The number of phenolic OH excluding ortho intramolecular Hbond substituents is 2. The number of rotatable bonds is 9. The molecule has 0 fully saturated rings. The Kier molecular flexibility index (Phi) is 7.44. The summed E-state index contributed by atoms with van der Waals surface area (Å²) in [4.78, 5) is 4.07. The fraction of sp³-hybridized carbons (Fsp3) is 0.333. The zero-order valence-corrected chi connectivity index (χ0v) is 17.5. The van der Waals surface area contributed by atoms with E-state index in [9.17, 15) is 10.2 Å². The zero-order chi connectivity index (χ0) is 20.8. The van der Waals surface area contributed by atoms with E-state index in [4.69, 9.17) is 0 Å². The molecule has 0 aliphatic rings. The highest BCUT2D eigenvalue weighted by Gasteiger charge is 2.15. The quantitative estimate of drug-likeness (QED) is 0.635. The average Bonchev–Trinajstić information content (AvgIpc) is 2.61. The Morgan fingerprint density at radius 2 is 1.00 bits per heavy atom. The minimum Gasteiger partial charge on any atom is -0.507 e. The van der Waals surface area contributed by atoms with E-state index in [0.717, 1.165) is 33.4 Å². The van der Waals surface area contributed by atoms with Gasteiger partial charge in [0.15, 0.2) is 0 Å². The molecule has 4 nitrogen and oxygen atoms in total. The van der Waals surface area contributed by atoms with Gasteiger partial charge in [-0.05, 0) is 87.6 Å². The second-order valence-electron chi connectivity index (χ2n) is 7.75. The molecule has 0 aliphatic heterocycles. The van der Waals surface area contributed by atoms with E-state index in [1.54, 1.807) is 12.2 Å². The van der Waals surface area contributed by atoms with Crippen LogP contribution in [0, 0.1) is 0 Å². The number of phenols is 2. The van der Waals surface area contributed by atoms with E-state index < -0.39 is 0 Å². The van der Waals surface area contributed by atoms with Crippen molar-refractivity contribution in [3.05, 3.63) is 71.8 Å². The van der Waals surface area contributed by atoms with Gasteiger partial charge in [-0.15, -0.1) is 13.2 Å². The Labute approximate surface area is 169 Å². The summed E-state index contributed by atoms with van der Waals surface area (Å²) < 4.78 is 0. The first-order valence-electron chi connectivity index (χ1n) is 9.48. The third kappa shape index (κ3) is 5.24. The van der Waals surface area contributed by atoms with Crippen molar-refractivity contribution >= 4 is 0 Å². The molecule has 0 amide bonds. The number of nitrogens with zero attached hydrogens (tertiary/aromatic N) is 2. The van der Waals surface area contributed by atoms with E-state index in [0.29, 0.717) is 37.4 Å². The van der Waals surface area contributed by atoms with Crippen LogP contribution in [0.2, 0.25) is 0 Å². The highest BCUT2D eigenvalue weighted by molar-refractivity contribution is 5.71. The third-order valence-electron chi connectivity index (χ3n) is 4.57. The van der Waals surface area contributed by atoms with Crippen LogP contribution in [0.25, 0.3) is 11.1 Å². The first kappa shape index (κ1) is 21.7. The van der Waals surface area contributed by atoms with Crippen LogP contribution in [-0.2, 0) is 25.9 Å². The summed E-state index contributed by atoms with van der Waals surface area (Å²) in [5.41, 5.74) is 5.53. The molecule has 0 aliphatic carbocycles. The van der Waals surface area contributed by atoms with E-state index >= 15 is 0 Å². The lowest BCUT2D eigenvalue weighted by molar-refractivity contribution is 0.384. The summed E-state index contributed by atoms with van der Waals surface area (Å²) in [5.74, 6) is 0.659. The topological polar surface area (TPSA) is 46.9 Å². The molecule has 0 heterocycles. The van der Waals surface area contributed by atoms with Gasteiger partial charge >= 0.3 is 0 Å². The molecule has 4 heteroatoms. The summed E-state index contributed by atoms with van der Waals surface area (Å²) in [7, 11) is 7.93. The lowest BCUT2D eigenvalue weighted by atomic mass is 9.93. The molecule has 0 bridgehead atoms. The fourth-order valence-corrected chi connectivity index (χ4v) is 3.40. The molecule has 0 radical (unpaired) electrons. The summed E-state index contributed by atoms with van der Waals surface area (Å²) in [6, 6.07) is 8.09. The van der Waals surface area contributed by atoms with Crippen molar-refractivity contribution in [2.45, 2.75) is 25.9 Å². The van der Waals surface area contributed by atoms with Crippen molar-refractivity contribution < 1.29 is 10.2 Å². The average molecular weight is 381 g/mol. The Bertz CT molecular complexity index is 783. The van der Waals surface area contributed by atoms with Crippen LogP contribution in [0.3, 0.4) is 0 Å². The first-order valence-corrected chi connectivity index (χ1v) is 9.48. The summed E-state index contributed by atoms with van der Waals surface area (Å²) in [5, 5.41) is 21.3. The van der Waals surface area contributed by atoms with Crippen molar-refractivity contribution in [1.29, 1.82) is 0 Å². The van der Waals surface area contributed by atoms with E-state index in [-0.39, 0.29) is 0 Å². The van der Waals surface area contributed by atoms with Crippen LogP contribution in [-0.4, -0.2) is 48.2 Å². The van der Waals surface area contributed by atoms with Gasteiger partial charge in [-0.2, -0.15) is 0 Å². The number of allylic oxidation sites excluding steroid dienone is 2. The summed E-state index contributed by atoms with van der Waals surface area (Å²) in [6.45, 7) is 8.92. The minimum atomic E-state index is 0.330. The molecule has 2 N–H and O–H groups in total. The highest BCUT2D eigenvalue weighted by Crippen LogP contribution is 2.35. The predicted molar refractivity (Wildman–Crippen MR) is 118 cm³/mol. The third-order valence-corrected chi connectivity index (χ3v) is 4.57. The zero-order valence-electron chi connectivity index (χ0n) is 17.5. The van der Waals surface area contributed by atoms with Gasteiger partial charge < -0.3 is 20.0 Å². The van der Waals surface area contributed by atoms with E-state index in [2.05, 4.69) is 13.2 Å². The standard InChI is InChI=1S/C24H32N2O2/c1-7-9-17-11-19(13-21(23(17)27)15-25(3)4)20-12-18(10-8-2)24(28)22(14-20)16-26(5)6/h7-8,11-14,27-28H,1-2,9-10,15-16H2,3-6H3. The van der Waals surface area contributed by atoms with Crippen molar-refractivity contribution in [3.8, 4) is 22.6 Å². The molecule has 28 heavy (non-hydrogen) atoms. The Balaban J connectivity index is 2.67. The van der Waals surface area contributed by atoms with Crippen LogP contribution in [0.4, 0.5) is 0 Å². The number of benzene rings is 2. The van der Waals surface area contributed by atoms with Crippen molar-refractivity contribution in [2.24, 2.45) is 0 Å². The van der Waals surface area contributed by atoms with Gasteiger partial charge in [0.25, 0.3) is 0 Å². The number of hydrogen-bond donors (Lipinski definition) is 2. The van der Waals surface area contributed by atoms with Crippen LogP contribution < -0.4 is 0 Å². The van der Waals surface area contributed by atoms with Crippen LogP contribution in [0.15, 0.2) is 49.6 Å². The molecule has 2 aromatic carbocycles. The Hall–Kier alpha value is -2.56. The number of aromatic hydroxyl groups is 2. The molecule has 0 spiro atoms. The summed E-state index contributed by atoms with van der Waals surface area (Å²) in [6.07, 6.45) is 4.80. The molecular formula is C24H32N2O2. The van der Waals surface area contributed by atoms with Gasteiger partial charge in [0, 0.05) is 24.2 Å². The Morgan fingerprint density at radius 1 is 0.679 bits per heavy atom. The van der Waals surface area contributed by atoms with Gasteiger partial charge in [0.2, 0.25) is 0 Å². The lowest BCUT2D eigenvalue weighted by Gasteiger charge is -2.18. The van der Waals surface area contributed by atoms with Gasteiger partial charge in [0.1, 0.15) is 11.5 Å². The second-order valence-corrected chi connectivity index (χ2v) is 7.75. The molecule has 0 unspecified atom stereocenters. The molecular weight excluding hydrogens is 348 g/mol. The fourth-order valence-electron chi connectivity index (χ4n) is 3.40. The largest absolute Gasteiger partial charge is 0.507 e. The second kappa shape index (κ2) is 9.58.